The summed E-state index contributed by atoms with van der Waals surface area (Å²) in [5, 5.41) is 9.28. The Bertz CT molecular complexity index is 607. The molecule has 2 rings (SSSR count). The third kappa shape index (κ3) is 3.12. The molecule has 1 fully saturated rings. The number of piperidine rings is 1. The van der Waals surface area contributed by atoms with Crippen LogP contribution in [0.2, 0.25) is 0 Å². The van der Waals surface area contributed by atoms with Gasteiger partial charge in [0.25, 0.3) is 0 Å². The third-order valence-corrected chi connectivity index (χ3v) is 4.96. The summed E-state index contributed by atoms with van der Waals surface area (Å²) < 4.78 is 5.46. The Morgan fingerprint density at radius 2 is 2.00 bits per heavy atom. The number of Topliss-reactive ketones (excluding diaryl/α,β-unsaturated/α-hetero) is 1. The van der Waals surface area contributed by atoms with Gasteiger partial charge in [-0.3, -0.25) is 4.79 Å². The van der Waals surface area contributed by atoms with E-state index in [9.17, 15) is 14.9 Å². The maximum atomic E-state index is 12.5. The fourth-order valence-electron chi connectivity index (χ4n) is 4.01. The topological polar surface area (TPSA) is 70.4 Å². The van der Waals surface area contributed by atoms with E-state index in [4.69, 9.17) is 4.74 Å². The Labute approximate surface area is 138 Å². The van der Waals surface area contributed by atoms with Gasteiger partial charge in [-0.25, -0.2) is 4.79 Å². The molecule has 23 heavy (non-hydrogen) atoms. The molecule has 5 heteroatoms. The number of hydrogen-bond acceptors (Lipinski definition) is 4. The molecule has 0 aromatic rings. The van der Waals surface area contributed by atoms with Crippen molar-refractivity contribution < 1.29 is 14.3 Å². The van der Waals surface area contributed by atoms with Gasteiger partial charge >= 0.3 is 6.09 Å². The van der Waals surface area contributed by atoms with Crippen molar-refractivity contribution in [1.82, 2.24) is 4.90 Å². The normalized spacial score (nSPS) is 30.1. The zero-order valence-electron chi connectivity index (χ0n) is 14.9. The highest BCUT2D eigenvalue weighted by atomic mass is 16.6. The second-order valence-corrected chi connectivity index (χ2v) is 8.47. The highest BCUT2D eigenvalue weighted by molar-refractivity contribution is 6.04. The van der Waals surface area contributed by atoms with Crippen LogP contribution in [0.25, 0.3) is 0 Å². The number of allylic oxidation sites excluding steroid dienone is 1. The molecule has 1 heterocycles. The van der Waals surface area contributed by atoms with Crippen LogP contribution in [0.5, 0.6) is 0 Å². The van der Waals surface area contributed by atoms with Crippen LogP contribution >= 0.6 is 0 Å². The maximum absolute atomic E-state index is 12.5. The number of nitriles is 1. The molecule has 1 aliphatic heterocycles. The van der Waals surface area contributed by atoms with Gasteiger partial charge in [0.05, 0.1) is 5.57 Å². The van der Waals surface area contributed by atoms with E-state index in [-0.39, 0.29) is 23.4 Å². The van der Waals surface area contributed by atoms with Crippen molar-refractivity contribution >= 4 is 11.9 Å². The Kier molecular flexibility index (Phi) is 4.09. The van der Waals surface area contributed by atoms with Crippen molar-refractivity contribution in [3.63, 3.8) is 0 Å². The minimum absolute atomic E-state index is 0.0896. The van der Waals surface area contributed by atoms with Gasteiger partial charge in [-0.1, -0.05) is 26.8 Å². The highest BCUT2D eigenvalue weighted by Crippen LogP contribution is 2.52. The molecule has 2 atom stereocenters. The van der Waals surface area contributed by atoms with E-state index >= 15 is 0 Å². The minimum atomic E-state index is -0.589. The average molecular weight is 318 g/mol. The monoisotopic (exact) mass is 318 g/mol. The molecule has 0 saturated carbocycles. The second kappa shape index (κ2) is 5.36. The molecule has 0 aromatic carbocycles. The molecular weight excluding hydrogens is 292 g/mol. The van der Waals surface area contributed by atoms with Gasteiger partial charge in [0.1, 0.15) is 11.7 Å². The number of fused-ring (bicyclic) bond motifs is 1. The Balaban J connectivity index is 2.31. The predicted molar refractivity (Wildman–Crippen MR) is 86.5 cm³/mol. The summed E-state index contributed by atoms with van der Waals surface area (Å²) in [6.07, 6.45) is 2.16. The molecule has 5 nitrogen and oxygen atoms in total. The van der Waals surface area contributed by atoms with Crippen molar-refractivity contribution in [1.29, 1.82) is 5.26 Å². The van der Waals surface area contributed by atoms with Gasteiger partial charge in [0, 0.05) is 23.9 Å². The number of carbonyl (C=O) groups is 2. The molecule has 0 N–H and O–H groups in total. The Morgan fingerprint density at radius 1 is 1.39 bits per heavy atom. The van der Waals surface area contributed by atoms with E-state index in [0.29, 0.717) is 13.1 Å². The summed E-state index contributed by atoms with van der Waals surface area (Å²) in [5.74, 6) is 0.0199. The SMILES string of the molecule is CC(C)(C)OC(=O)N1CC[C@@H]2C(C)(C)C(=O)C(C#N)=C[C@@]2(C)C1. The lowest BCUT2D eigenvalue weighted by Gasteiger charge is -2.52. The first kappa shape index (κ1) is 17.5. The van der Waals surface area contributed by atoms with Crippen LogP contribution in [0.1, 0.15) is 48.0 Å². The summed E-state index contributed by atoms with van der Waals surface area (Å²) in [7, 11) is 0. The molecule has 0 unspecified atom stereocenters. The third-order valence-electron chi connectivity index (χ3n) is 4.96. The summed E-state index contributed by atoms with van der Waals surface area (Å²) in [4.78, 5) is 26.5. The predicted octanol–water partition coefficient (Wildman–Crippen LogP) is 3.31. The number of carbonyl (C=O) groups excluding carboxylic acids is 2. The Hall–Kier alpha value is -1.83. The van der Waals surface area contributed by atoms with Crippen molar-refractivity contribution in [3.05, 3.63) is 11.6 Å². The standard InChI is InChI=1S/C18H26N2O3/c1-16(2,3)23-15(22)20-8-7-13-17(4,5)14(21)12(10-19)9-18(13,6)11-20/h9,13H,7-8,11H2,1-6H3/t13-,18+/m1/s1. The van der Waals surface area contributed by atoms with Crippen LogP contribution in [0.15, 0.2) is 11.6 Å². The number of ketones is 1. The zero-order valence-corrected chi connectivity index (χ0v) is 14.9. The molecule has 0 radical (unpaired) electrons. The number of likely N-dealkylation sites (tertiary alicyclic amines) is 1. The Morgan fingerprint density at radius 3 is 2.52 bits per heavy atom. The second-order valence-electron chi connectivity index (χ2n) is 8.47. The van der Waals surface area contributed by atoms with Crippen LogP contribution in [0.4, 0.5) is 4.79 Å². The van der Waals surface area contributed by atoms with Crippen LogP contribution in [-0.2, 0) is 9.53 Å². The van der Waals surface area contributed by atoms with Crippen LogP contribution in [0.3, 0.4) is 0 Å². The quantitative estimate of drug-likeness (QED) is 0.687. The summed E-state index contributed by atoms with van der Waals surface area (Å²) >= 11 is 0. The highest BCUT2D eigenvalue weighted by Gasteiger charge is 2.54. The minimum Gasteiger partial charge on any atom is -0.444 e. The van der Waals surface area contributed by atoms with E-state index in [0.717, 1.165) is 6.42 Å². The molecule has 0 bridgehead atoms. The number of nitrogens with zero attached hydrogens (tertiary/aromatic N) is 2. The molecule has 1 saturated heterocycles. The molecule has 126 valence electrons. The van der Waals surface area contributed by atoms with E-state index in [2.05, 4.69) is 0 Å². The first-order valence-corrected chi connectivity index (χ1v) is 8.06. The first-order valence-electron chi connectivity index (χ1n) is 8.06. The number of rotatable bonds is 0. The number of hydrogen-bond donors (Lipinski definition) is 0. The largest absolute Gasteiger partial charge is 0.444 e. The first-order chi connectivity index (χ1) is 10.4. The summed E-state index contributed by atoms with van der Waals surface area (Å²) in [6.45, 7) is 12.4. The van der Waals surface area contributed by atoms with Crippen molar-refractivity contribution in [2.75, 3.05) is 13.1 Å². The molecule has 0 spiro atoms. The fourth-order valence-corrected chi connectivity index (χ4v) is 4.01. The smallest absolute Gasteiger partial charge is 0.410 e. The lowest BCUT2D eigenvalue weighted by atomic mass is 9.55. The number of ether oxygens (including phenoxy) is 1. The average Bonchev–Trinajstić information content (AvgIpc) is 2.40. The molecule has 1 aliphatic carbocycles. The lowest BCUT2D eigenvalue weighted by molar-refractivity contribution is -0.131. The van der Waals surface area contributed by atoms with E-state index in [1.807, 2.05) is 47.6 Å². The number of amides is 1. The van der Waals surface area contributed by atoms with Gasteiger partial charge in [-0.2, -0.15) is 5.26 Å². The maximum Gasteiger partial charge on any atom is 0.410 e. The van der Waals surface area contributed by atoms with E-state index < -0.39 is 16.4 Å². The van der Waals surface area contributed by atoms with E-state index in [1.54, 1.807) is 11.0 Å². The van der Waals surface area contributed by atoms with Crippen molar-refractivity contribution in [2.45, 2.75) is 53.6 Å². The molecule has 2 aliphatic rings. The van der Waals surface area contributed by atoms with Crippen LogP contribution in [-0.4, -0.2) is 35.5 Å². The van der Waals surface area contributed by atoms with Gasteiger partial charge in [0.2, 0.25) is 0 Å². The van der Waals surface area contributed by atoms with Crippen LogP contribution in [0, 0.1) is 28.1 Å². The van der Waals surface area contributed by atoms with E-state index in [1.165, 1.54) is 0 Å². The molecule has 0 aromatic heterocycles. The summed E-state index contributed by atoms with van der Waals surface area (Å²) in [5.41, 5.74) is -1.31. The molecular formula is C18H26N2O3. The summed E-state index contributed by atoms with van der Waals surface area (Å²) in [6, 6.07) is 2.03. The van der Waals surface area contributed by atoms with Gasteiger partial charge in [-0.15, -0.1) is 0 Å². The molecule has 1 amide bonds. The van der Waals surface area contributed by atoms with Gasteiger partial charge in [-0.05, 0) is 33.1 Å². The van der Waals surface area contributed by atoms with Gasteiger partial charge < -0.3 is 9.64 Å². The lowest BCUT2D eigenvalue weighted by Crippen LogP contribution is -2.57. The van der Waals surface area contributed by atoms with Gasteiger partial charge in [0.15, 0.2) is 5.78 Å². The van der Waals surface area contributed by atoms with Crippen LogP contribution < -0.4 is 0 Å². The van der Waals surface area contributed by atoms with Crippen molar-refractivity contribution in [3.8, 4) is 6.07 Å². The zero-order chi connectivity index (χ0) is 17.6. The fraction of sp³-hybridized carbons (Fsp3) is 0.722. The van der Waals surface area contributed by atoms with Crippen molar-refractivity contribution in [2.24, 2.45) is 16.7 Å².